The number of hydrogen-bond acceptors (Lipinski definition) is 1. The van der Waals surface area contributed by atoms with Crippen molar-refractivity contribution in [2.75, 3.05) is 11.5 Å². The molecule has 1 aliphatic heterocycles. The van der Waals surface area contributed by atoms with Crippen LogP contribution in [-0.2, 0) is 10.8 Å². The van der Waals surface area contributed by atoms with Gasteiger partial charge in [-0.1, -0.05) is 19.8 Å². The van der Waals surface area contributed by atoms with Crippen LogP contribution in [0.2, 0.25) is 0 Å². The fourth-order valence-electron chi connectivity index (χ4n) is 1.45. The second kappa shape index (κ2) is 4.12. The number of rotatable bonds is 3. The Morgan fingerprint density at radius 2 is 2.40 bits per heavy atom. The van der Waals surface area contributed by atoms with E-state index in [1.54, 1.807) is 0 Å². The molecule has 1 rings (SSSR count). The molecule has 0 aromatic heterocycles. The number of unbranched alkanes of at least 4 members (excludes halogenated alkanes) is 1. The Labute approximate surface area is 65.7 Å². The van der Waals surface area contributed by atoms with Crippen molar-refractivity contribution < 1.29 is 4.21 Å². The van der Waals surface area contributed by atoms with Gasteiger partial charge in [0, 0.05) is 22.3 Å². The molecule has 1 fully saturated rings. The first-order valence-electron chi connectivity index (χ1n) is 4.18. The Morgan fingerprint density at radius 3 is 2.90 bits per heavy atom. The molecule has 0 N–H and O–H groups in total. The Balaban J connectivity index is 2.12. The minimum absolute atomic E-state index is 0.456. The molecule has 0 aliphatic carbocycles. The molecule has 1 heterocycles. The minimum atomic E-state index is -0.456. The average molecular weight is 160 g/mol. The lowest BCUT2D eigenvalue weighted by molar-refractivity contribution is 0.516. The SMILES string of the molecule is CCCC[C@H]1CC[S@](=O)C1. The fraction of sp³-hybridized carbons (Fsp3) is 1.00. The summed E-state index contributed by atoms with van der Waals surface area (Å²) in [6, 6.07) is 0. The summed E-state index contributed by atoms with van der Waals surface area (Å²) in [5, 5.41) is 0. The first-order valence-corrected chi connectivity index (χ1v) is 5.66. The molecular formula is C8H16OS. The van der Waals surface area contributed by atoms with Gasteiger partial charge in [0.15, 0.2) is 0 Å². The summed E-state index contributed by atoms with van der Waals surface area (Å²) >= 11 is 0. The molecule has 2 heteroatoms. The van der Waals surface area contributed by atoms with Crippen LogP contribution in [0.4, 0.5) is 0 Å². The largest absolute Gasteiger partial charge is 0.260 e. The molecule has 0 unspecified atom stereocenters. The van der Waals surface area contributed by atoms with Crippen LogP contribution >= 0.6 is 0 Å². The minimum Gasteiger partial charge on any atom is -0.260 e. The summed E-state index contributed by atoms with van der Waals surface area (Å²) in [5.41, 5.74) is 0. The molecule has 0 aromatic carbocycles. The van der Waals surface area contributed by atoms with Crippen LogP contribution in [0.5, 0.6) is 0 Å². The molecule has 60 valence electrons. The highest BCUT2D eigenvalue weighted by Gasteiger charge is 2.19. The van der Waals surface area contributed by atoms with E-state index in [1.807, 2.05) is 0 Å². The van der Waals surface area contributed by atoms with E-state index in [0.717, 1.165) is 17.4 Å². The molecule has 0 bridgehead atoms. The van der Waals surface area contributed by atoms with Gasteiger partial charge in [0.05, 0.1) is 0 Å². The fourth-order valence-corrected chi connectivity index (χ4v) is 3.07. The lowest BCUT2D eigenvalue weighted by atomic mass is 10.0. The summed E-state index contributed by atoms with van der Waals surface area (Å²) in [7, 11) is -0.456. The number of hydrogen-bond donors (Lipinski definition) is 0. The summed E-state index contributed by atoms with van der Waals surface area (Å²) in [4.78, 5) is 0. The van der Waals surface area contributed by atoms with Crippen LogP contribution in [0.3, 0.4) is 0 Å². The van der Waals surface area contributed by atoms with Crippen molar-refractivity contribution in [3.8, 4) is 0 Å². The van der Waals surface area contributed by atoms with Crippen LogP contribution in [0.15, 0.2) is 0 Å². The van der Waals surface area contributed by atoms with Crippen molar-refractivity contribution in [1.29, 1.82) is 0 Å². The molecule has 10 heavy (non-hydrogen) atoms. The second-order valence-corrected chi connectivity index (χ2v) is 4.73. The predicted molar refractivity (Wildman–Crippen MR) is 45.5 cm³/mol. The third-order valence-corrected chi connectivity index (χ3v) is 3.68. The Kier molecular flexibility index (Phi) is 3.40. The second-order valence-electron chi connectivity index (χ2n) is 3.11. The molecule has 0 radical (unpaired) electrons. The summed E-state index contributed by atoms with van der Waals surface area (Å²) in [6.07, 6.45) is 5.12. The first-order chi connectivity index (χ1) is 4.83. The van der Waals surface area contributed by atoms with E-state index >= 15 is 0 Å². The van der Waals surface area contributed by atoms with Gasteiger partial charge in [-0.25, -0.2) is 0 Å². The standard InChI is InChI=1S/C8H16OS/c1-2-3-4-8-5-6-10(9)7-8/h8H,2-7H2,1H3/t8-,10-/m0/s1. The molecule has 1 saturated heterocycles. The molecular weight excluding hydrogens is 144 g/mol. The highest BCUT2D eigenvalue weighted by atomic mass is 32.2. The summed E-state index contributed by atoms with van der Waals surface area (Å²) < 4.78 is 10.9. The molecule has 2 atom stereocenters. The molecule has 0 saturated carbocycles. The van der Waals surface area contributed by atoms with Gasteiger partial charge in [-0.05, 0) is 18.8 Å². The lowest BCUT2D eigenvalue weighted by Gasteiger charge is -2.04. The van der Waals surface area contributed by atoms with E-state index in [-0.39, 0.29) is 0 Å². The smallest absolute Gasteiger partial charge is 0.0263 e. The normalized spacial score (nSPS) is 32.9. The van der Waals surface area contributed by atoms with Gasteiger partial charge in [0.25, 0.3) is 0 Å². The molecule has 0 spiro atoms. The van der Waals surface area contributed by atoms with Gasteiger partial charge in [-0.2, -0.15) is 0 Å². The van der Waals surface area contributed by atoms with Crippen molar-refractivity contribution in [3.05, 3.63) is 0 Å². The van der Waals surface area contributed by atoms with Crippen LogP contribution in [0.25, 0.3) is 0 Å². The van der Waals surface area contributed by atoms with Crippen LogP contribution < -0.4 is 0 Å². The van der Waals surface area contributed by atoms with Crippen molar-refractivity contribution in [3.63, 3.8) is 0 Å². The maximum Gasteiger partial charge on any atom is 0.0263 e. The maximum atomic E-state index is 10.9. The highest BCUT2D eigenvalue weighted by molar-refractivity contribution is 7.85. The van der Waals surface area contributed by atoms with Crippen LogP contribution in [-0.4, -0.2) is 15.7 Å². The van der Waals surface area contributed by atoms with Crippen LogP contribution in [0, 0.1) is 5.92 Å². The highest BCUT2D eigenvalue weighted by Crippen LogP contribution is 2.20. The predicted octanol–water partition coefficient (Wildman–Crippen LogP) is 1.95. The maximum absolute atomic E-state index is 10.9. The van der Waals surface area contributed by atoms with Crippen molar-refractivity contribution >= 4 is 10.8 Å². The molecule has 0 amide bonds. The van der Waals surface area contributed by atoms with Crippen LogP contribution in [0.1, 0.15) is 32.6 Å². The first kappa shape index (κ1) is 8.25. The van der Waals surface area contributed by atoms with E-state index in [1.165, 1.54) is 25.7 Å². The zero-order chi connectivity index (χ0) is 7.40. The van der Waals surface area contributed by atoms with Gasteiger partial charge in [-0.3, -0.25) is 4.21 Å². The summed E-state index contributed by atoms with van der Waals surface area (Å²) in [6.45, 7) is 2.21. The monoisotopic (exact) mass is 160 g/mol. The molecule has 1 nitrogen and oxygen atoms in total. The van der Waals surface area contributed by atoms with Crippen molar-refractivity contribution in [2.45, 2.75) is 32.6 Å². The Hall–Kier alpha value is 0.150. The lowest BCUT2D eigenvalue weighted by Crippen LogP contribution is -1.99. The van der Waals surface area contributed by atoms with E-state index in [9.17, 15) is 4.21 Å². The average Bonchev–Trinajstić information content (AvgIpc) is 2.31. The Morgan fingerprint density at radius 1 is 1.60 bits per heavy atom. The van der Waals surface area contributed by atoms with E-state index in [4.69, 9.17) is 0 Å². The van der Waals surface area contributed by atoms with Gasteiger partial charge in [-0.15, -0.1) is 0 Å². The van der Waals surface area contributed by atoms with E-state index in [2.05, 4.69) is 6.92 Å². The third kappa shape index (κ3) is 2.41. The zero-order valence-corrected chi connectivity index (χ0v) is 7.45. The molecule has 1 aliphatic rings. The zero-order valence-electron chi connectivity index (χ0n) is 6.64. The third-order valence-electron chi connectivity index (χ3n) is 2.14. The van der Waals surface area contributed by atoms with Crippen molar-refractivity contribution in [1.82, 2.24) is 0 Å². The van der Waals surface area contributed by atoms with Gasteiger partial charge in [0.2, 0.25) is 0 Å². The Bertz CT molecular complexity index is 122. The van der Waals surface area contributed by atoms with E-state index in [0.29, 0.717) is 0 Å². The summed E-state index contributed by atoms with van der Waals surface area (Å²) in [5.74, 6) is 2.75. The molecule has 0 aromatic rings. The quantitative estimate of drug-likeness (QED) is 0.616. The van der Waals surface area contributed by atoms with Gasteiger partial charge < -0.3 is 0 Å². The topological polar surface area (TPSA) is 17.1 Å². The van der Waals surface area contributed by atoms with Crippen molar-refractivity contribution in [2.24, 2.45) is 5.92 Å². The van der Waals surface area contributed by atoms with Gasteiger partial charge in [0.1, 0.15) is 0 Å². The van der Waals surface area contributed by atoms with E-state index < -0.39 is 10.8 Å². The van der Waals surface area contributed by atoms with Gasteiger partial charge >= 0.3 is 0 Å².